The Balaban J connectivity index is 2.98. The summed E-state index contributed by atoms with van der Waals surface area (Å²) in [5.41, 5.74) is 0.921. The molecule has 0 aliphatic heterocycles. The topological polar surface area (TPSA) is 25.8 Å². The van der Waals surface area contributed by atoms with Gasteiger partial charge < -0.3 is 0 Å². The van der Waals surface area contributed by atoms with Crippen LogP contribution in [0.4, 0.5) is 0 Å². The van der Waals surface area contributed by atoms with Crippen LogP contribution in [0.2, 0.25) is 10.3 Å². The Morgan fingerprint density at radius 2 is 1.53 bits per heavy atom. The maximum absolute atomic E-state index is 6.06. The first-order chi connectivity index (χ1) is 7.20. The fraction of sp³-hybridized carbons (Fsp3) is 0.636. The third kappa shape index (κ3) is 3.32. The Kier molecular flexibility index (Phi) is 5.34. The van der Waals surface area contributed by atoms with E-state index in [9.17, 15) is 0 Å². The molecule has 0 unspecified atom stereocenters. The summed E-state index contributed by atoms with van der Waals surface area (Å²) in [6.07, 6.45) is 5.81. The first-order valence-corrected chi connectivity index (χ1v) is 6.12. The highest BCUT2D eigenvalue weighted by Crippen LogP contribution is 2.34. The minimum Gasteiger partial charge on any atom is -0.224 e. The number of hydrogen-bond donors (Lipinski definition) is 0. The van der Waals surface area contributed by atoms with Crippen molar-refractivity contribution < 1.29 is 0 Å². The molecule has 0 amide bonds. The van der Waals surface area contributed by atoms with Gasteiger partial charge in [0, 0.05) is 5.56 Å². The van der Waals surface area contributed by atoms with Gasteiger partial charge in [-0.1, -0.05) is 49.9 Å². The lowest BCUT2D eigenvalue weighted by Crippen LogP contribution is -2.02. The minimum absolute atomic E-state index is 0.390. The Morgan fingerprint density at radius 1 is 1.07 bits per heavy atom. The van der Waals surface area contributed by atoms with Crippen molar-refractivity contribution >= 4 is 23.2 Å². The molecule has 0 atom stereocenters. The van der Waals surface area contributed by atoms with Crippen LogP contribution in [0.1, 0.15) is 51.0 Å². The normalized spacial score (nSPS) is 11.0. The van der Waals surface area contributed by atoms with Crippen LogP contribution in [0, 0.1) is 0 Å². The second-order valence-electron chi connectivity index (χ2n) is 3.64. The van der Waals surface area contributed by atoms with Crippen molar-refractivity contribution in [3.8, 4) is 0 Å². The van der Waals surface area contributed by atoms with Gasteiger partial charge in [0.2, 0.25) is 0 Å². The second kappa shape index (κ2) is 6.29. The van der Waals surface area contributed by atoms with Crippen LogP contribution >= 0.6 is 23.2 Å². The van der Waals surface area contributed by atoms with Gasteiger partial charge in [-0.3, -0.25) is 0 Å². The van der Waals surface area contributed by atoms with Gasteiger partial charge in [0.05, 0.1) is 0 Å². The lowest BCUT2D eigenvalue weighted by molar-refractivity contribution is 0.558. The van der Waals surface area contributed by atoms with Gasteiger partial charge in [0.25, 0.3) is 0 Å². The highest BCUT2D eigenvalue weighted by Gasteiger charge is 2.18. The van der Waals surface area contributed by atoms with Crippen LogP contribution < -0.4 is 0 Å². The van der Waals surface area contributed by atoms with Gasteiger partial charge in [0.15, 0.2) is 0 Å². The predicted molar refractivity (Wildman–Crippen MR) is 64.6 cm³/mol. The molecular formula is C11H16Cl2N2. The summed E-state index contributed by atoms with van der Waals surface area (Å²) in [6.45, 7) is 4.32. The first-order valence-electron chi connectivity index (χ1n) is 5.36. The van der Waals surface area contributed by atoms with E-state index in [0.717, 1.165) is 31.2 Å². The molecule has 0 fully saturated rings. The van der Waals surface area contributed by atoms with Crippen molar-refractivity contribution in [2.24, 2.45) is 0 Å². The molecule has 4 heteroatoms. The molecule has 0 N–H and O–H groups in total. The Labute approximate surface area is 101 Å². The molecule has 0 bridgehead atoms. The number of hydrogen-bond acceptors (Lipinski definition) is 2. The molecule has 15 heavy (non-hydrogen) atoms. The van der Waals surface area contributed by atoms with E-state index in [4.69, 9.17) is 23.2 Å². The smallest absolute Gasteiger partial charge is 0.137 e. The molecule has 0 saturated heterocycles. The van der Waals surface area contributed by atoms with Gasteiger partial charge in [-0.05, 0) is 18.8 Å². The van der Waals surface area contributed by atoms with E-state index in [2.05, 4.69) is 23.8 Å². The molecular weight excluding hydrogens is 231 g/mol. The van der Waals surface area contributed by atoms with E-state index < -0.39 is 0 Å². The lowest BCUT2D eigenvalue weighted by Gasteiger charge is -2.17. The first kappa shape index (κ1) is 12.7. The summed E-state index contributed by atoms with van der Waals surface area (Å²) in [5, 5.41) is 1.00. The number of rotatable bonds is 5. The number of aromatic nitrogens is 2. The molecule has 1 aromatic heterocycles. The minimum atomic E-state index is 0.390. The van der Waals surface area contributed by atoms with E-state index in [1.165, 1.54) is 6.33 Å². The lowest BCUT2D eigenvalue weighted by atomic mass is 9.92. The Morgan fingerprint density at radius 3 is 1.93 bits per heavy atom. The Bertz CT molecular complexity index is 289. The average molecular weight is 247 g/mol. The quantitative estimate of drug-likeness (QED) is 0.717. The highest BCUT2D eigenvalue weighted by molar-refractivity contribution is 6.34. The summed E-state index contributed by atoms with van der Waals surface area (Å²) in [4.78, 5) is 7.99. The van der Waals surface area contributed by atoms with Gasteiger partial charge in [-0.2, -0.15) is 0 Å². The molecule has 0 aliphatic rings. The molecule has 84 valence electrons. The maximum Gasteiger partial charge on any atom is 0.137 e. The van der Waals surface area contributed by atoms with Crippen LogP contribution in [0.5, 0.6) is 0 Å². The highest BCUT2D eigenvalue weighted by atomic mass is 35.5. The van der Waals surface area contributed by atoms with E-state index in [0.29, 0.717) is 16.2 Å². The summed E-state index contributed by atoms with van der Waals surface area (Å²) in [7, 11) is 0. The fourth-order valence-electron chi connectivity index (χ4n) is 1.82. The van der Waals surface area contributed by atoms with Gasteiger partial charge in [-0.15, -0.1) is 0 Å². The summed E-state index contributed by atoms with van der Waals surface area (Å²) >= 11 is 12.1. The standard InChI is InChI=1S/C11H16Cl2N2/c1-3-5-8(6-4-2)9-10(12)14-7-15-11(9)13/h7-8H,3-6H2,1-2H3. The van der Waals surface area contributed by atoms with Crippen molar-refractivity contribution in [3.05, 3.63) is 22.2 Å². The SMILES string of the molecule is CCCC(CCC)c1c(Cl)ncnc1Cl. The van der Waals surface area contributed by atoms with Crippen molar-refractivity contribution in [1.82, 2.24) is 9.97 Å². The molecule has 2 nitrogen and oxygen atoms in total. The molecule has 1 rings (SSSR count). The monoisotopic (exact) mass is 246 g/mol. The van der Waals surface area contributed by atoms with Crippen LogP contribution in [0.3, 0.4) is 0 Å². The second-order valence-corrected chi connectivity index (χ2v) is 4.36. The molecule has 0 radical (unpaired) electrons. The summed E-state index contributed by atoms with van der Waals surface area (Å²) in [6, 6.07) is 0. The van der Waals surface area contributed by atoms with Crippen molar-refractivity contribution in [1.29, 1.82) is 0 Å². The summed E-state index contributed by atoms with van der Waals surface area (Å²) < 4.78 is 0. The fourth-order valence-corrected chi connectivity index (χ4v) is 2.44. The zero-order chi connectivity index (χ0) is 11.3. The maximum atomic E-state index is 6.06. The van der Waals surface area contributed by atoms with E-state index in [1.807, 2.05) is 0 Å². The predicted octanol–water partition coefficient (Wildman–Crippen LogP) is 4.47. The molecule has 0 spiro atoms. The molecule has 1 heterocycles. The molecule has 0 aliphatic carbocycles. The van der Waals surface area contributed by atoms with Crippen molar-refractivity contribution in [3.63, 3.8) is 0 Å². The molecule has 1 aromatic rings. The zero-order valence-corrected chi connectivity index (χ0v) is 10.6. The molecule has 0 saturated carbocycles. The average Bonchev–Trinajstić information content (AvgIpc) is 2.18. The van der Waals surface area contributed by atoms with Crippen LogP contribution in [-0.2, 0) is 0 Å². The van der Waals surface area contributed by atoms with Crippen LogP contribution in [0.15, 0.2) is 6.33 Å². The van der Waals surface area contributed by atoms with Crippen molar-refractivity contribution in [2.45, 2.75) is 45.4 Å². The van der Waals surface area contributed by atoms with E-state index in [1.54, 1.807) is 0 Å². The number of nitrogens with zero attached hydrogens (tertiary/aromatic N) is 2. The van der Waals surface area contributed by atoms with E-state index >= 15 is 0 Å². The van der Waals surface area contributed by atoms with Crippen LogP contribution in [0.25, 0.3) is 0 Å². The number of halogens is 2. The zero-order valence-electron chi connectivity index (χ0n) is 9.13. The summed E-state index contributed by atoms with van der Waals surface area (Å²) in [5.74, 6) is 0.390. The third-order valence-electron chi connectivity index (χ3n) is 2.47. The van der Waals surface area contributed by atoms with Gasteiger partial charge >= 0.3 is 0 Å². The van der Waals surface area contributed by atoms with Crippen LogP contribution in [-0.4, -0.2) is 9.97 Å². The van der Waals surface area contributed by atoms with Gasteiger partial charge in [-0.25, -0.2) is 9.97 Å². The largest absolute Gasteiger partial charge is 0.224 e. The third-order valence-corrected chi connectivity index (χ3v) is 3.07. The van der Waals surface area contributed by atoms with Gasteiger partial charge in [0.1, 0.15) is 16.6 Å². The van der Waals surface area contributed by atoms with E-state index in [-0.39, 0.29) is 0 Å². The molecule has 0 aromatic carbocycles. The van der Waals surface area contributed by atoms with Crippen molar-refractivity contribution in [2.75, 3.05) is 0 Å². The Hall–Kier alpha value is -0.340.